The Kier molecular flexibility index (Phi) is 3.34. The molecular formula is C20H24N2O3. The summed E-state index contributed by atoms with van der Waals surface area (Å²) >= 11 is 0. The Morgan fingerprint density at radius 2 is 1.80 bits per heavy atom. The minimum atomic E-state index is -0.315. The molecule has 1 aliphatic heterocycles. The number of carbonyl (C=O) groups is 2. The third kappa shape index (κ3) is 2.52. The third-order valence-corrected chi connectivity index (χ3v) is 6.70. The van der Waals surface area contributed by atoms with E-state index >= 15 is 0 Å². The highest BCUT2D eigenvalue weighted by molar-refractivity contribution is 5.97. The predicted octanol–water partition coefficient (Wildman–Crippen LogP) is 3.80. The fraction of sp³-hybridized carbons (Fsp3) is 0.600. The predicted molar refractivity (Wildman–Crippen MR) is 94.4 cm³/mol. The summed E-state index contributed by atoms with van der Waals surface area (Å²) in [6, 6.07) is 7.55. The van der Waals surface area contributed by atoms with E-state index in [1.807, 2.05) is 24.3 Å². The molecule has 5 heteroatoms. The number of nitrogens with one attached hydrogen (secondary N) is 1. The van der Waals surface area contributed by atoms with Crippen LogP contribution >= 0.6 is 0 Å². The van der Waals surface area contributed by atoms with Gasteiger partial charge in [0.25, 0.3) is 0 Å². The molecule has 0 atom stereocenters. The molecule has 25 heavy (non-hydrogen) atoms. The van der Waals surface area contributed by atoms with Crippen molar-refractivity contribution in [3.8, 4) is 0 Å². The van der Waals surface area contributed by atoms with E-state index in [2.05, 4.69) is 5.32 Å². The van der Waals surface area contributed by atoms with Gasteiger partial charge >= 0.3 is 6.09 Å². The van der Waals surface area contributed by atoms with Gasteiger partial charge in [-0.3, -0.25) is 9.69 Å². The number of hydrogen-bond acceptors (Lipinski definition) is 3. The van der Waals surface area contributed by atoms with Crippen molar-refractivity contribution in [3.05, 3.63) is 24.3 Å². The smallest absolute Gasteiger partial charge is 0.414 e. The quantitative estimate of drug-likeness (QED) is 0.910. The summed E-state index contributed by atoms with van der Waals surface area (Å²) in [5.41, 5.74) is 1.40. The third-order valence-electron chi connectivity index (χ3n) is 6.70. The molecule has 0 aromatic heterocycles. The fourth-order valence-corrected chi connectivity index (χ4v) is 6.03. The summed E-state index contributed by atoms with van der Waals surface area (Å²) in [7, 11) is 0. The maximum atomic E-state index is 13.1. The Bertz CT molecular complexity index is 694. The van der Waals surface area contributed by atoms with Gasteiger partial charge in [0.1, 0.15) is 6.61 Å². The Morgan fingerprint density at radius 3 is 2.40 bits per heavy atom. The van der Waals surface area contributed by atoms with Crippen LogP contribution in [0.1, 0.15) is 38.5 Å². The normalized spacial score (nSPS) is 35.8. The summed E-state index contributed by atoms with van der Waals surface area (Å²) in [6.45, 7) is 0.980. The first kappa shape index (κ1) is 15.2. The van der Waals surface area contributed by atoms with Gasteiger partial charge < -0.3 is 10.1 Å². The van der Waals surface area contributed by atoms with Crippen LogP contribution in [0.2, 0.25) is 0 Å². The van der Waals surface area contributed by atoms with Crippen LogP contribution in [0.4, 0.5) is 16.2 Å². The van der Waals surface area contributed by atoms with E-state index in [0.29, 0.717) is 13.2 Å². The van der Waals surface area contributed by atoms with Gasteiger partial charge in [-0.1, -0.05) is 6.07 Å². The van der Waals surface area contributed by atoms with Crippen LogP contribution in [0.25, 0.3) is 0 Å². The van der Waals surface area contributed by atoms with Crippen LogP contribution in [0, 0.1) is 23.2 Å². The zero-order valence-electron chi connectivity index (χ0n) is 14.4. The summed E-state index contributed by atoms with van der Waals surface area (Å²) in [4.78, 5) is 26.5. The van der Waals surface area contributed by atoms with Gasteiger partial charge in [-0.25, -0.2) is 4.79 Å². The van der Waals surface area contributed by atoms with Crippen molar-refractivity contribution in [1.82, 2.24) is 0 Å². The molecule has 0 radical (unpaired) electrons. The second-order valence-corrected chi connectivity index (χ2v) is 8.47. The Hall–Kier alpha value is -2.04. The van der Waals surface area contributed by atoms with E-state index in [1.165, 1.54) is 19.3 Å². The van der Waals surface area contributed by atoms with Gasteiger partial charge in [-0.15, -0.1) is 0 Å². The van der Waals surface area contributed by atoms with Crippen molar-refractivity contribution in [1.29, 1.82) is 0 Å². The summed E-state index contributed by atoms with van der Waals surface area (Å²) < 4.78 is 5.01. The van der Waals surface area contributed by atoms with Crippen LogP contribution in [0.5, 0.6) is 0 Å². The summed E-state index contributed by atoms with van der Waals surface area (Å²) in [5.74, 6) is 2.45. The standard InChI is InChI=1S/C20H24N2O3/c23-18(20-10-13-6-14(11-20)8-15(7-13)12-20)21-16-2-1-3-17(9-16)22-4-5-25-19(22)24/h1-3,9,13-15H,4-8,10-12H2,(H,21,23). The Morgan fingerprint density at radius 1 is 1.12 bits per heavy atom. The number of ether oxygens (including phenoxy) is 1. The molecule has 1 saturated heterocycles. The maximum Gasteiger partial charge on any atom is 0.414 e. The summed E-state index contributed by atoms with van der Waals surface area (Å²) in [6.07, 6.45) is 6.86. The molecule has 2 amide bonds. The van der Waals surface area contributed by atoms with Gasteiger partial charge in [0.2, 0.25) is 5.91 Å². The molecule has 1 aromatic carbocycles. The molecule has 5 nitrogen and oxygen atoms in total. The minimum absolute atomic E-state index is 0.155. The number of nitrogens with zero attached hydrogens (tertiary/aromatic N) is 1. The van der Waals surface area contributed by atoms with E-state index < -0.39 is 0 Å². The van der Waals surface area contributed by atoms with Gasteiger partial charge in [0.15, 0.2) is 0 Å². The van der Waals surface area contributed by atoms with Crippen molar-refractivity contribution in [3.63, 3.8) is 0 Å². The number of benzene rings is 1. The number of anilines is 2. The van der Waals surface area contributed by atoms with E-state index in [0.717, 1.165) is 48.4 Å². The Balaban J connectivity index is 1.35. The van der Waals surface area contributed by atoms with Gasteiger partial charge in [-0.05, 0) is 74.5 Å². The molecule has 0 unspecified atom stereocenters. The van der Waals surface area contributed by atoms with Crippen molar-refractivity contribution < 1.29 is 14.3 Å². The lowest BCUT2D eigenvalue weighted by Crippen LogP contribution is -2.51. The van der Waals surface area contributed by atoms with Crippen LogP contribution < -0.4 is 10.2 Å². The average Bonchev–Trinajstić information content (AvgIpc) is 3.00. The lowest BCUT2D eigenvalue weighted by atomic mass is 9.49. The molecule has 1 heterocycles. The first-order valence-electron chi connectivity index (χ1n) is 9.47. The van der Waals surface area contributed by atoms with Gasteiger partial charge in [0.05, 0.1) is 12.0 Å². The van der Waals surface area contributed by atoms with Crippen LogP contribution in [0.3, 0.4) is 0 Å². The van der Waals surface area contributed by atoms with Crippen LogP contribution in [-0.4, -0.2) is 25.2 Å². The topological polar surface area (TPSA) is 58.6 Å². The first-order valence-corrected chi connectivity index (χ1v) is 9.47. The second kappa shape index (κ2) is 5.48. The van der Waals surface area contributed by atoms with Crippen molar-refractivity contribution in [2.75, 3.05) is 23.4 Å². The molecule has 132 valence electrons. The van der Waals surface area contributed by atoms with Crippen molar-refractivity contribution in [2.24, 2.45) is 23.2 Å². The lowest BCUT2D eigenvalue weighted by Gasteiger charge is -2.55. The highest BCUT2D eigenvalue weighted by atomic mass is 16.6. The molecule has 5 fully saturated rings. The molecule has 1 aromatic rings. The van der Waals surface area contributed by atoms with E-state index in [4.69, 9.17) is 4.74 Å². The number of cyclic esters (lactones) is 1. The lowest BCUT2D eigenvalue weighted by molar-refractivity contribution is -0.140. The molecule has 6 rings (SSSR count). The van der Waals surface area contributed by atoms with Crippen LogP contribution in [-0.2, 0) is 9.53 Å². The molecular weight excluding hydrogens is 316 g/mol. The first-order chi connectivity index (χ1) is 12.1. The zero-order valence-corrected chi connectivity index (χ0v) is 14.4. The molecule has 4 bridgehead atoms. The van der Waals surface area contributed by atoms with Crippen molar-refractivity contribution >= 4 is 23.4 Å². The Labute approximate surface area is 147 Å². The summed E-state index contributed by atoms with van der Waals surface area (Å²) in [5, 5.41) is 3.16. The highest BCUT2D eigenvalue weighted by Crippen LogP contribution is 2.60. The van der Waals surface area contributed by atoms with Gasteiger partial charge in [0, 0.05) is 11.4 Å². The number of amides is 2. The number of rotatable bonds is 3. The van der Waals surface area contributed by atoms with Crippen molar-refractivity contribution in [2.45, 2.75) is 38.5 Å². The molecule has 4 saturated carbocycles. The number of hydrogen-bond donors (Lipinski definition) is 1. The van der Waals surface area contributed by atoms with E-state index in [-0.39, 0.29) is 17.4 Å². The fourth-order valence-electron chi connectivity index (χ4n) is 6.03. The molecule has 0 spiro atoms. The number of carbonyl (C=O) groups excluding carboxylic acids is 2. The second-order valence-electron chi connectivity index (χ2n) is 8.47. The van der Waals surface area contributed by atoms with Crippen LogP contribution in [0.15, 0.2) is 24.3 Å². The van der Waals surface area contributed by atoms with E-state index in [9.17, 15) is 9.59 Å². The zero-order chi connectivity index (χ0) is 17.0. The average molecular weight is 340 g/mol. The maximum absolute atomic E-state index is 13.1. The highest BCUT2D eigenvalue weighted by Gasteiger charge is 2.54. The molecule has 1 N–H and O–H groups in total. The SMILES string of the molecule is O=C1OCCN1c1cccc(NC(=O)C23CC4CC(CC(C4)C2)C3)c1. The minimum Gasteiger partial charge on any atom is -0.447 e. The van der Waals surface area contributed by atoms with Gasteiger partial charge in [-0.2, -0.15) is 0 Å². The molecule has 4 aliphatic carbocycles. The largest absolute Gasteiger partial charge is 0.447 e. The van der Waals surface area contributed by atoms with E-state index in [1.54, 1.807) is 4.90 Å². The molecule has 5 aliphatic rings. The monoisotopic (exact) mass is 340 g/mol.